The highest BCUT2D eigenvalue weighted by Crippen LogP contribution is 2.20. The molecule has 0 aromatic heterocycles. The van der Waals surface area contributed by atoms with Gasteiger partial charge in [0.15, 0.2) is 6.54 Å². The lowest BCUT2D eigenvalue weighted by molar-refractivity contribution is -0.922. The van der Waals surface area contributed by atoms with Crippen LogP contribution >= 0.6 is 0 Å². The summed E-state index contributed by atoms with van der Waals surface area (Å²) < 4.78 is 0.848. The number of nitrogens with zero attached hydrogens (tertiary/aromatic N) is 1. The number of carbonyl (C=O) groups is 1. The average molecular weight is 581 g/mol. The number of hydrogen-bond donors (Lipinski definition) is 1. The normalized spacial score (nSPS) is 11.9. The summed E-state index contributed by atoms with van der Waals surface area (Å²) in [5, 5.41) is 9.92. The molecule has 0 amide bonds. The van der Waals surface area contributed by atoms with Gasteiger partial charge in [0.1, 0.15) is 0 Å². The second kappa shape index (κ2) is 32.3. The summed E-state index contributed by atoms with van der Waals surface area (Å²) >= 11 is 0. The largest absolute Gasteiger partial charge is 0.477 e. The Labute approximate surface area is 259 Å². The van der Waals surface area contributed by atoms with Crippen LogP contribution < -0.4 is 0 Å². The third-order valence-corrected chi connectivity index (χ3v) is 9.43. The lowest BCUT2D eigenvalue weighted by Gasteiger charge is -2.38. The maximum Gasteiger partial charge on any atom is 0.359 e. The fourth-order valence-corrected chi connectivity index (χ4v) is 6.66. The fourth-order valence-electron chi connectivity index (χ4n) is 6.66. The number of rotatable bonds is 35. The summed E-state index contributed by atoms with van der Waals surface area (Å²) in [6.07, 6.45) is 40.5. The Morgan fingerprint density at radius 2 is 0.561 bits per heavy atom. The van der Waals surface area contributed by atoms with Crippen LogP contribution in [0, 0.1) is 0 Å². The van der Waals surface area contributed by atoms with Gasteiger partial charge in [0.25, 0.3) is 0 Å². The van der Waals surface area contributed by atoms with E-state index in [1.165, 1.54) is 193 Å². The average Bonchev–Trinajstić information content (AvgIpc) is 2.95. The lowest BCUT2D eigenvalue weighted by Crippen LogP contribution is -2.53. The molecule has 0 radical (unpaired) electrons. The van der Waals surface area contributed by atoms with E-state index in [1.807, 2.05) is 0 Å². The summed E-state index contributed by atoms with van der Waals surface area (Å²) in [6, 6.07) is 0. The molecule has 0 heterocycles. The van der Waals surface area contributed by atoms with Gasteiger partial charge < -0.3 is 9.59 Å². The van der Waals surface area contributed by atoms with Gasteiger partial charge in [-0.05, 0) is 38.5 Å². The van der Waals surface area contributed by atoms with Gasteiger partial charge in [0.05, 0.1) is 19.6 Å². The number of hydrogen-bond acceptors (Lipinski definition) is 1. The molecule has 0 bridgehead atoms. The molecule has 0 rings (SSSR count). The number of aliphatic carboxylic acids is 1. The van der Waals surface area contributed by atoms with Gasteiger partial charge in [-0.3, -0.25) is 0 Å². The van der Waals surface area contributed by atoms with E-state index < -0.39 is 5.97 Å². The third-order valence-electron chi connectivity index (χ3n) is 9.43. The lowest BCUT2D eigenvalue weighted by atomic mass is 10.0. The van der Waals surface area contributed by atoms with Crippen molar-refractivity contribution in [3.05, 3.63) is 0 Å². The second-order valence-electron chi connectivity index (χ2n) is 13.6. The number of unbranched alkanes of at least 4 members (excludes halogenated alkanes) is 27. The van der Waals surface area contributed by atoms with Crippen LogP contribution in [0.2, 0.25) is 0 Å². The Balaban J connectivity index is 4.51. The van der Waals surface area contributed by atoms with Crippen LogP contribution in [0.15, 0.2) is 0 Å². The summed E-state index contributed by atoms with van der Waals surface area (Å²) in [5.41, 5.74) is 0. The molecule has 0 saturated carbocycles. The molecule has 0 unspecified atom stereocenters. The van der Waals surface area contributed by atoms with Crippen molar-refractivity contribution in [2.24, 2.45) is 0 Å². The molecule has 0 fully saturated rings. The van der Waals surface area contributed by atoms with E-state index in [0.717, 1.165) is 24.1 Å². The topological polar surface area (TPSA) is 37.3 Å². The highest BCUT2D eigenvalue weighted by molar-refractivity contribution is 5.67. The first-order valence-corrected chi connectivity index (χ1v) is 19.2. The molecule has 41 heavy (non-hydrogen) atoms. The summed E-state index contributed by atoms with van der Waals surface area (Å²) in [6.45, 7) is 10.4. The van der Waals surface area contributed by atoms with E-state index in [4.69, 9.17) is 0 Å². The Kier molecular flexibility index (Phi) is 31.9. The summed E-state index contributed by atoms with van der Waals surface area (Å²) in [7, 11) is 0. The van der Waals surface area contributed by atoms with Crippen LogP contribution in [-0.4, -0.2) is 41.7 Å². The van der Waals surface area contributed by atoms with Crippen molar-refractivity contribution >= 4 is 5.97 Å². The van der Waals surface area contributed by atoms with Gasteiger partial charge in [-0.2, -0.15) is 0 Å². The first-order chi connectivity index (χ1) is 20.1. The van der Waals surface area contributed by atoms with Crippen molar-refractivity contribution in [3.8, 4) is 0 Å². The SMILES string of the molecule is CCCCCCCCCCCC[N+](CCCCCCCCCCCC)(CCCCCCCCCCCC)CC(=O)O. The van der Waals surface area contributed by atoms with Crippen LogP contribution in [0.25, 0.3) is 0 Å². The number of carboxylic acids is 1. The third kappa shape index (κ3) is 29.3. The van der Waals surface area contributed by atoms with Gasteiger partial charge in [0.2, 0.25) is 0 Å². The van der Waals surface area contributed by atoms with Crippen LogP contribution in [-0.2, 0) is 4.79 Å². The maximum atomic E-state index is 12.0. The van der Waals surface area contributed by atoms with Gasteiger partial charge in [-0.15, -0.1) is 0 Å². The van der Waals surface area contributed by atoms with Crippen molar-refractivity contribution < 1.29 is 14.4 Å². The first-order valence-electron chi connectivity index (χ1n) is 19.2. The van der Waals surface area contributed by atoms with Crippen LogP contribution in [0.1, 0.15) is 213 Å². The van der Waals surface area contributed by atoms with Crippen molar-refractivity contribution in [1.29, 1.82) is 0 Å². The monoisotopic (exact) mass is 581 g/mol. The Morgan fingerprint density at radius 1 is 0.366 bits per heavy atom. The quantitative estimate of drug-likeness (QED) is 0.0598. The van der Waals surface area contributed by atoms with Crippen molar-refractivity contribution in [1.82, 2.24) is 0 Å². The standard InChI is InChI=1S/C38H77NO2/c1-4-7-10-13-16-19-22-25-28-31-34-39(37-38(40)41,35-32-29-26-23-20-17-14-11-8-5-2)36-33-30-27-24-21-18-15-12-9-6-3/h4-37H2,1-3H3/p+1. The zero-order valence-electron chi connectivity index (χ0n) is 28.8. The minimum Gasteiger partial charge on any atom is -0.477 e. The maximum absolute atomic E-state index is 12.0. The summed E-state index contributed by atoms with van der Waals surface area (Å²) in [4.78, 5) is 12.0. The second-order valence-corrected chi connectivity index (χ2v) is 13.6. The Morgan fingerprint density at radius 3 is 0.756 bits per heavy atom. The van der Waals surface area contributed by atoms with E-state index in [-0.39, 0.29) is 0 Å². The van der Waals surface area contributed by atoms with Gasteiger partial charge in [-0.25, -0.2) is 4.79 Å². The predicted octanol–water partition coefficient (Wildman–Crippen LogP) is 12.7. The molecule has 0 aromatic rings. The minimum atomic E-state index is -0.587. The highest BCUT2D eigenvalue weighted by Gasteiger charge is 2.29. The fraction of sp³-hybridized carbons (Fsp3) is 0.974. The molecule has 3 heteroatoms. The molecule has 1 N–H and O–H groups in total. The zero-order chi connectivity index (χ0) is 30.1. The number of carboxylic acid groups (broad SMARTS) is 1. The molecular formula is C38H78NO2+. The smallest absolute Gasteiger partial charge is 0.359 e. The summed E-state index contributed by atoms with van der Waals surface area (Å²) in [5.74, 6) is -0.587. The zero-order valence-corrected chi connectivity index (χ0v) is 28.8. The van der Waals surface area contributed by atoms with Crippen molar-refractivity contribution in [2.75, 3.05) is 26.2 Å². The van der Waals surface area contributed by atoms with Crippen LogP contribution in [0.3, 0.4) is 0 Å². The molecular weight excluding hydrogens is 502 g/mol. The van der Waals surface area contributed by atoms with Gasteiger partial charge in [0, 0.05) is 0 Å². The van der Waals surface area contributed by atoms with E-state index in [1.54, 1.807) is 0 Å². The molecule has 246 valence electrons. The molecule has 0 aliphatic carbocycles. The van der Waals surface area contributed by atoms with Crippen molar-refractivity contribution in [3.63, 3.8) is 0 Å². The Bertz CT molecular complexity index is 461. The van der Waals surface area contributed by atoms with Crippen LogP contribution in [0.5, 0.6) is 0 Å². The Hall–Kier alpha value is -0.570. The molecule has 3 nitrogen and oxygen atoms in total. The molecule has 0 spiro atoms. The number of quaternary nitrogens is 1. The van der Waals surface area contributed by atoms with Crippen LogP contribution in [0.4, 0.5) is 0 Å². The highest BCUT2D eigenvalue weighted by atomic mass is 16.4. The van der Waals surface area contributed by atoms with E-state index in [2.05, 4.69) is 20.8 Å². The molecule has 0 atom stereocenters. The van der Waals surface area contributed by atoms with Gasteiger partial charge in [-0.1, -0.05) is 175 Å². The first kappa shape index (κ1) is 40.4. The molecule has 0 saturated heterocycles. The van der Waals surface area contributed by atoms with E-state index >= 15 is 0 Å². The minimum absolute atomic E-state index is 0.340. The van der Waals surface area contributed by atoms with E-state index in [9.17, 15) is 9.90 Å². The van der Waals surface area contributed by atoms with Gasteiger partial charge >= 0.3 is 5.97 Å². The molecule has 0 aliphatic heterocycles. The molecule has 0 aromatic carbocycles. The van der Waals surface area contributed by atoms with E-state index in [0.29, 0.717) is 6.54 Å². The molecule has 0 aliphatic rings. The van der Waals surface area contributed by atoms with Crippen molar-refractivity contribution in [2.45, 2.75) is 213 Å². The predicted molar refractivity (Wildman–Crippen MR) is 183 cm³/mol.